The van der Waals surface area contributed by atoms with Crippen LogP contribution >= 0.6 is 0 Å². The highest BCUT2D eigenvalue weighted by Crippen LogP contribution is 2.50. The molecular weight excluding hydrogens is 168 g/mol. The molecule has 0 aromatic carbocycles. The quantitative estimate of drug-likeness (QED) is 0.755. The van der Waals surface area contributed by atoms with Crippen LogP contribution in [0.3, 0.4) is 0 Å². The molecule has 0 atom stereocenters. The molecule has 1 aliphatic carbocycles. The molecule has 70 valence electrons. The summed E-state index contributed by atoms with van der Waals surface area (Å²) < 4.78 is 1.95. The molecule has 0 bridgehead atoms. The van der Waals surface area contributed by atoms with Crippen LogP contribution < -0.4 is 0 Å². The Morgan fingerprint density at radius 1 is 1.62 bits per heavy atom. The number of hydrogen-bond donors (Lipinski definition) is 1. The Balaban J connectivity index is 1.98. The lowest BCUT2D eigenvalue weighted by Gasteiger charge is -2.12. The monoisotopic (exact) mass is 180 g/mol. The SMILES string of the molecule is O=C(O)CC1(Cn2ccnc2)CC1. The first-order chi connectivity index (χ1) is 6.20. The van der Waals surface area contributed by atoms with Crippen LogP contribution in [0, 0.1) is 5.41 Å². The number of rotatable bonds is 4. The standard InChI is InChI=1S/C9H12N2O2/c12-8(13)5-9(1-2-9)6-11-4-3-10-7-11/h3-4,7H,1-2,5-6H2,(H,12,13). The highest BCUT2D eigenvalue weighted by molar-refractivity contribution is 5.68. The van der Waals surface area contributed by atoms with Crippen LogP contribution in [0.2, 0.25) is 0 Å². The molecule has 1 fully saturated rings. The van der Waals surface area contributed by atoms with E-state index in [9.17, 15) is 4.79 Å². The van der Waals surface area contributed by atoms with Gasteiger partial charge < -0.3 is 9.67 Å². The Hall–Kier alpha value is -1.32. The summed E-state index contributed by atoms with van der Waals surface area (Å²) in [6.45, 7) is 0.791. The summed E-state index contributed by atoms with van der Waals surface area (Å²) in [4.78, 5) is 14.5. The third kappa shape index (κ3) is 1.88. The molecule has 0 spiro atoms. The molecule has 1 saturated carbocycles. The first-order valence-corrected chi connectivity index (χ1v) is 4.38. The molecule has 1 heterocycles. The molecule has 1 aromatic rings. The predicted molar refractivity (Wildman–Crippen MR) is 46.1 cm³/mol. The van der Waals surface area contributed by atoms with Crippen LogP contribution in [0.5, 0.6) is 0 Å². The number of carboxylic acid groups (broad SMARTS) is 1. The largest absolute Gasteiger partial charge is 0.481 e. The van der Waals surface area contributed by atoms with Gasteiger partial charge in [-0.3, -0.25) is 4.79 Å². The van der Waals surface area contributed by atoms with Gasteiger partial charge in [-0.05, 0) is 18.3 Å². The summed E-state index contributed by atoms with van der Waals surface area (Å²) in [5.41, 5.74) is 0.0204. The van der Waals surface area contributed by atoms with Crippen molar-refractivity contribution in [3.05, 3.63) is 18.7 Å². The van der Waals surface area contributed by atoms with Crippen molar-refractivity contribution in [3.63, 3.8) is 0 Å². The van der Waals surface area contributed by atoms with E-state index < -0.39 is 5.97 Å². The second-order valence-electron chi connectivity index (χ2n) is 3.81. The van der Waals surface area contributed by atoms with E-state index >= 15 is 0 Å². The van der Waals surface area contributed by atoms with Gasteiger partial charge in [0.1, 0.15) is 0 Å². The summed E-state index contributed by atoms with van der Waals surface area (Å²) in [5, 5.41) is 8.69. The first kappa shape index (κ1) is 8.29. The maximum absolute atomic E-state index is 10.6. The van der Waals surface area contributed by atoms with Gasteiger partial charge >= 0.3 is 5.97 Å². The minimum absolute atomic E-state index is 0.0204. The molecule has 2 rings (SSSR count). The molecule has 4 nitrogen and oxygen atoms in total. The van der Waals surface area contributed by atoms with Gasteiger partial charge in [0.25, 0.3) is 0 Å². The van der Waals surface area contributed by atoms with Gasteiger partial charge in [0.05, 0.1) is 12.7 Å². The van der Waals surface area contributed by atoms with Crippen LogP contribution in [0.15, 0.2) is 18.7 Å². The lowest BCUT2D eigenvalue weighted by Crippen LogP contribution is -2.14. The van der Waals surface area contributed by atoms with Crippen molar-refractivity contribution in [2.75, 3.05) is 0 Å². The van der Waals surface area contributed by atoms with E-state index in [0.29, 0.717) is 0 Å². The van der Waals surface area contributed by atoms with E-state index in [1.807, 2.05) is 10.8 Å². The zero-order valence-corrected chi connectivity index (χ0v) is 7.31. The average molecular weight is 180 g/mol. The van der Waals surface area contributed by atoms with Crippen molar-refractivity contribution in [2.24, 2.45) is 5.41 Å². The van der Waals surface area contributed by atoms with Crippen LogP contribution in [0.4, 0.5) is 0 Å². The van der Waals surface area contributed by atoms with Crippen molar-refractivity contribution in [1.82, 2.24) is 9.55 Å². The highest BCUT2D eigenvalue weighted by Gasteiger charge is 2.44. The third-order valence-electron chi connectivity index (χ3n) is 2.56. The van der Waals surface area contributed by atoms with Gasteiger partial charge in [0.15, 0.2) is 0 Å². The maximum atomic E-state index is 10.6. The predicted octanol–water partition coefficient (Wildman–Crippen LogP) is 1.14. The van der Waals surface area contributed by atoms with Gasteiger partial charge in [-0.1, -0.05) is 0 Å². The normalized spacial score (nSPS) is 18.5. The van der Waals surface area contributed by atoms with Crippen molar-refractivity contribution in [1.29, 1.82) is 0 Å². The van der Waals surface area contributed by atoms with E-state index in [1.165, 1.54) is 0 Å². The molecular formula is C9H12N2O2. The van der Waals surface area contributed by atoms with Gasteiger partial charge in [-0.25, -0.2) is 4.98 Å². The van der Waals surface area contributed by atoms with Gasteiger partial charge in [0.2, 0.25) is 0 Å². The molecule has 1 aromatic heterocycles. The zero-order valence-electron chi connectivity index (χ0n) is 7.31. The lowest BCUT2D eigenvalue weighted by molar-refractivity contribution is -0.138. The summed E-state index contributed by atoms with van der Waals surface area (Å²) in [6, 6.07) is 0. The fourth-order valence-electron chi connectivity index (χ4n) is 1.66. The number of imidazole rings is 1. The van der Waals surface area contributed by atoms with E-state index in [1.54, 1.807) is 12.5 Å². The summed E-state index contributed by atoms with van der Waals surface area (Å²) in [7, 11) is 0. The van der Waals surface area contributed by atoms with Crippen molar-refractivity contribution >= 4 is 5.97 Å². The fraction of sp³-hybridized carbons (Fsp3) is 0.556. The fourth-order valence-corrected chi connectivity index (χ4v) is 1.66. The Morgan fingerprint density at radius 3 is 2.85 bits per heavy atom. The number of carboxylic acids is 1. The molecule has 0 unspecified atom stereocenters. The van der Waals surface area contributed by atoms with Gasteiger partial charge in [-0.2, -0.15) is 0 Å². The smallest absolute Gasteiger partial charge is 0.303 e. The molecule has 13 heavy (non-hydrogen) atoms. The van der Waals surface area contributed by atoms with E-state index in [0.717, 1.165) is 19.4 Å². The van der Waals surface area contributed by atoms with Crippen LogP contribution in [0.1, 0.15) is 19.3 Å². The number of aliphatic carboxylic acids is 1. The zero-order chi connectivity index (χ0) is 9.31. The van der Waals surface area contributed by atoms with Gasteiger partial charge in [-0.15, -0.1) is 0 Å². The summed E-state index contributed by atoms with van der Waals surface area (Å²) >= 11 is 0. The van der Waals surface area contributed by atoms with Crippen molar-refractivity contribution < 1.29 is 9.90 Å². The number of hydrogen-bond acceptors (Lipinski definition) is 2. The Bertz CT molecular complexity index is 301. The second kappa shape index (κ2) is 2.87. The Morgan fingerprint density at radius 2 is 2.38 bits per heavy atom. The van der Waals surface area contributed by atoms with E-state index in [-0.39, 0.29) is 11.8 Å². The summed E-state index contributed by atoms with van der Waals surface area (Å²) in [6.07, 6.45) is 7.67. The number of aromatic nitrogens is 2. The Labute approximate surface area is 76.2 Å². The van der Waals surface area contributed by atoms with Crippen LogP contribution in [0.25, 0.3) is 0 Å². The van der Waals surface area contributed by atoms with Crippen molar-refractivity contribution in [2.45, 2.75) is 25.8 Å². The minimum Gasteiger partial charge on any atom is -0.481 e. The highest BCUT2D eigenvalue weighted by atomic mass is 16.4. The maximum Gasteiger partial charge on any atom is 0.303 e. The molecule has 0 radical (unpaired) electrons. The molecule has 0 aliphatic heterocycles. The topological polar surface area (TPSA) is 55.1 Å². The van der Waals surface area contributed by atoms with E-state index in [4.69, 9.17) is 5.11 Å². The summed E-state index contributed by atoms with van der Waals surface area (Å²) in [5.74, 6) is -0.697. The number of nitrogens with zero attached hydrogens (tertiary/aromatic N) is 2. The second-order valence-corrected chi connectivity index (χ2v) is 3.81. The van der Waals surface area contributed by atoms with E-state index in [2.05, 4.69) is 4.98 Å². The van der Waals surface area contributed by atoms with Gasteiger partial charge in [0, 0.05) is 18.9 Å². The van der Waals surface area contributed by atoms with Crippen LogP contribution in [-0.4, -0.2) is 20.6 Å². The number of carbonyl (C=O) groups is 1. The third-order valence-corrected chi connectivity index (χ3v) is 2.56. The average Bonchev–Trinajstić information content (AvgIpc) is 2.61. The van der Waals surface area contributed by atoms with Crippen molar-refractivity contribution in [3.8, 4) is 0 Å². The first-order valence-electron chi connectivity index (χ1n) is 4.38. The lowest BCUT2D eigenvalue weighted by atomic mass is 10.0. The Kier molecular flexibility index (Phi) is 1.83. The molecule has 1 aliphatic rings. The molecule has 1 N–H and O–H groups in total. The van der Waals surface area contributed by atoms with Crippen LogP contribution in [-0.2, 0) is 11.3 Å². The molecule has 4 heteroatoms. The molecule has 0 amide bonds. The minimum atomic E-state index is -0.697. The molecule has 0 saturated heterocycles.